The van der Waals surface area contributed by atoms with Gasteiger partial charge in [0.25, 0.3) is 5.91 Å². The lowest BCUT2D eigenvalue weighted by atomic mass is 10.1. The Bertz CT molecular complexity index is 754. The smallest absolute Gasteiger partial charge is 0.251 e. The highest BCUT2D eigenvalue weighted by molar-refractivity contribution is 5.94. The normalized spacial score (nSPS) is 18.7. The van der Waals surface area contributed by atoms with Gasteiger partial charge in [0, 0.05) is 54.7 Å². The number of carbonyl (C=O) groups excluding carboxylic acids is 1. The predicted octanol–water partition coefficient (Wildman–Crippen LogP) is 1.74. The minimum absolute atomic E-state index is 0.0421. The van der Waals surface area contributed by atoms with Gasteiger partial charge >= 0.3 is 0 Å². The van der Waals surface area contributed by atoms with Crippen molar-refractivity contribution in [2.24, 2.45) is 0 Å². The molecule has 1 atom stereocenters. The molecule has 6 nitrogen and oxygen atoms in total. The number of rotatable bonds is 4. The van der Waals surface area contributed by atoms with Crippen molar-refractivity contribution in [3.8, 4) is 11.4 Å². The van der Waals surface area contributed by atoms with Gasteiger partial charge in [-0.3, -0.25) is 9.69 Å². The van der Waals surface area contributed by atoms with Crippen LogP contribution in [0.5, 0.6) is 0 Å². The van der Waals surface area contributed by atoms with Crippen molar-refractivity contribution in [3.05, 3.63) is 47.3 Å². The summed E-state index contributed by atoms with van der Waals surface area (Å²) >= 11 is 0. The first-order valence-corrected chi connectivity index (χ1v) is 9.02. The number of hydrogen-bond acceptors (Lipinski definition) is 5. The first-order chi connectivity index (χ1) is 12.4. The fourth-order valence-corrected chi connectivity index (χ4v) is 3.26. The molecule has 138 valence electrons. The number of amides is 1. The molecule has 1 N–H and O–H groups in total. The zero-order valence-corrected chi connectivity index (χ0v) is 16.0. The molecule has 1 aliphatic rings. The number of carbonyl (C=O) groups is 1. The van der Waals surface area contributed by atoms with Gasteiger partial charge in [-0.1, -0.05) is 12.1 Å². The molecule has 2 aromatic rings. The van der Waals surface area contributed by atoms with Crippen molar-refractivity contribution in [1.29, 1.82) is 0 Å². The first kappa shape index (κ1) is 18.5. The number of hydrogen-bond donors (Lipinski definition) is 1. The van der Waals surface area contributed by atoms with Gasteiger partial charge in [-0.05, 0) is 46.1 Å². The van der Waals surface area contributed by atoms with Crippen LogP contribution in [0.4, 0.5) is 0 Å². The molecule has 0 saturated carbocycles. The third kappa shape index (κ3) is 4.45. The van der Waals surface area contributed by atoms with Crippen LogP contribution in [0.1, 0.15) is 21.7 Å². The van der Waals surface area contributed by atoms with E-state index >= 15 is 0 Å². The molecule has 0 bridgehead atoms. The summed E-state index contributed by atoms with van der Waals surface area (Å²) in [5, 5.41) is 3.06. The summed E-state index contributed by atoms with van der Waals surface area (Å²) in [4.78, 5) is 26.0. The summed E-state index contributed by atoms with van der Waals surface area (Å²) in [5.41, 5.74) is 3.46. The van der Waals surface area contributed by atoms with Gasteiger partial charge in [0.1, 0.15) is 0 Å². The Morgan fingerprint density at radius 3 is 2.42 bits per heavy atom. The van der Waals surface area contributed by atoms with Crippen LogP contribution in [0.3, 0.4) is 0 Å². The van der Waals surface area contributed by atoms with Gasteiger partial charge in [-0.25, -0.2) is 9.97 Å². The Balaban J connectivity index is 1.63. The summed E-state index contributed by atoms with van der Waals surface area (Å²) < 4.78 is 0. The highest BCUT2D eigenvalue weighted by Crippen LogP contribution is 2.17. The van der Waals surface area contributed by atoms with Crippen LogP contribution in [-0.2, 0) is 0 Å². The van der Waals surface area contributed by atoms with Crippen molar-refractivity contribution < 1.29 is 4.79 Å². The van der Waals surface area contributed by atoms with Crippen LogP contribution in [0.25, 0.3) is 11.4 Å². The molecule has 1 amide bonds. The fraction of sp³-hybridized carbons (Fsp3) is 0.450. The predicted molar refractivity (Wildman–Crippen MR) is 103 cm³/mol. The molecule has 1 fully saturated rings. The Hall–Kier alpha value is -2.31. The van der Waals surface area contributed by atoms with Crippen LogP contribution in [0, 0.1) is 13.8 Å². The van der Waals surface area contributed by atoms with Crippen molar-refractivity contribution in [3.63, 3.8) is 0 Å². The molecule has 0 radical (unpaired) electrons. The molecule has 6 heteroatoms. The molecule has 1 aromatic heterocycles. The summed E-state index contributed by atoms with van der Waals surface area (Å²) in [6.45, 7) is 7.64. The van der Waals surface area contributed by atoms with Crippen molar-refractivity contribution in [2.75, 3.05) is 40.3 Å². The highest BCUT2D eigenvalue weighted by atomic mass is 16.1. The van der Waals surface area contributed by atoms with E-state index in [4.69, 9.17) is 0 Å². The lowest BCUT2D eigenvalue weighted by Crippen LogP contribution is -2.54. The molecule has 1 unspecified atom stereocenters. The largest absolute Gasteiger partial charge is 0.350 e. The van der Waals surface area contributed by atoms with Crippen LogP contribution in [0.2, 0.25) is 0 Å². The van der Waals surface area contributed by atoms with E-state index in [1.54, 1.807) is 0 Å². The molecular weight excluding hydrogens is 326 g/mol. The van der Waals surface area contributed by atoms with E-state index in [1.807, 2.05) is 44.2 Å². The minimum Gasteiger partial charge on any atom is -0.350 e. The maximum atomic E-state index is 12.5. The molecule has 1 saturated heterocycles. The summed E-state index contributed by atoms with van der Waals surface area (Å²) in [6.07, 6.45) is 0. The van der Waals surface area contributed by atoms with Crippen LogP contribution in [-0.4, -0.2) is 72.0 Å². The van der Waals surface area contributed by atoms with E-state index in [2.05, 4.69) is 39.2 Å². The first-order valence-electron chi connectivity index (χ1n) is 9.02. The molecule has 1 aliphatic heterocycles. The number of nitrogens with one attached hydrogen (secondary N) is 1. The lowest BCUT2D eigenvalue weighted by molar-refractivity contribution is 0.0881. The minimum atomic E-state index is -0.0421. The van der Waals surface area contributed by atoms with Crippen molar-refractivity contribution in [2.45, 2.75) is 19.9 Å². The van der Waals surface area contributed by atoms with Gasteiger partial charge in [-0.2, -0.15) is 0 Å². The molecule has 1 aromatic carbocycles. The quantitative estimate of drug-likeness (QED) is 0.907. The van der Waals surface area contributed by atoms with Crippen LogP contribution < -0.4 is 5.32 Å². The highest BCUT2D eigenvalue weighted by Gasteiger charge is 2.22. The Morgan fingerprint density at radius 2 is 1.77 bits per heavy atom. The van der Waals surface area contributed by atoms with Gasteiger partial charge in [0.15, 0.2) is 5.82 Å². The maximum absolute atomic E-state index is 12.5. The number of likely N-dealkylation sites (N-methyl/N-ethyl adjacent to an activating group) is 2. The molecule has 26 heavy (non-hydrogen) atoms. The molecule has 3 rings (SSSR count). The average molecular weight is 353 g/mol. The molecule has 0 aliphatic carbocycles. The van der Waals surface area contributed by atoms with Gasteiger partial charge in [0.2, 0.25) is 0 Å². The number of benzene rings is 1. The third-order valence-electron chi connectivity index (χ3n) is 4.87. The van der Waals surface area contributed by atoms with Crippen LogP contribution in [0.15, 0.2) is 30.3 Å². The van der Waals surface area contributed by atoms with E-state index in [0.717, 1.165) is 36.6 Å². The summed E-state index contributed by atoms with van der Waals surface area (Å²) in [7, 11) is 4.23. The third-order valence-corrected chi connectivity index (χ3v) is 4.87. The summed E-state index contributed by atoms with van der Waals surface area (Å²) in [5.74, 6) is 0.654. The zero-order valence-electron chi connectivity index (χ0n) is 16.0. The van der Waals surface area contributed by atoms with E-state index in [0.29, 0.717) is 24.0 Å². The fourth-order valence-electron chi connectivity index (χ4n) is 3.26. The Kier molecular flexibility index (Phi) is 5.64. The lowest BCUT2D eigenvalue weighted by Gasteiger charge is -2.37. The van der Waals surface area contributed by atoms with E-state index in [9.17, 15) is 4.79 Å². The van der Waals surface area contributed by atoms with E-state index in [1.165, 1.54) is 0 Å². The second-order valence-corrected chi connectivity index (χ2v) is 7.16. The number of nitrogens with zero attached hydrogens (tertiary/aromatic N) is 4. The molecular formula is C20H27N5O. The topological polar surface area (TPSA) is 61.4 Å². The van der Waals surface area contributed by atoms with Gasteiger partial charge in [-0.15, -0.1) is 0 Å². The second kappa shape index (κ2) is 7.93. The Labute approximate surface area is 155 Å². The zero-order chi connectivity index (χ0) is 18.7. The standard InChI is InChI=1S/C20H27N5O/c1-14-11-15(2)23-19(22-14)16-5-7-17(8-6-16)20(26)21-12-18-13-24(3)9-10-25(18)4/h5-8,11,18H,9-10,12-13H2,1-4H3,(H,21,26). The maximum Gasteiger partial charge on any atom is 0.251 e. The number of aryl methyl sites for hydroxylation is 2. The second-order valence-electron chi connectivity index (χ2n) is 7.16. The van der Waals surface area contributed by atoms with E-state index < -0.39 is 0 Å². The van der Waals surface area contributed by atoms with Crippen LogP contribution >= 0.6 is 0 Å². The monoisotopic (exact) mass is 353 g/mol. The summed E-state index contributed by atoms with van der Waals surface area (Å²) in [6, 6.07) is 9.78. The SMILES string of the molecule is Cc1cc(C)nc(-c2ccc(C(=O)NCC3CN(C)CCN3C)cc2)n1. The van der Waals surface area contributed by atoms with E-state index in [-0.39, 0.29) is 5.91 Å². The van der Waals surface area contributed by atoms with Gasteiger partial charge in [0.05, 0.1) is 0 Å². The Morgan fingerprint density at radius 1 is 1.12 bits per heavy atom. The van der Waals surface area contributed by atoms with Crippen molar-refractivity contribution >= 4 is 5.91 Å². The van der Waals surface area contributed by atoms with Crippen molar-refractivity contribution in [1.82, 2.24) is 25.1 Å². The molecule has 2 heterocycles. The van der Waals surface area contributed by atoms with Gasteiger partial charge < -0.3 is 10.2 Å². The molecule has 0 spiro atoms. The average Bonchev–Trinajstić information content (AvgIpc) is 2.61. The number of piperazine rings is 1. The number of aromatic nitrogens is 2.